The molecule has 0 radical (unpaired) electrons. The molecule has 1 aromatic heterocycles. The fourth-order valence-corrected chi connectivity index (χ4v) is 4.14. The van der Waals surface area contributed by atoms with Crippen LogP contribution in [0.2, 0.25) is 0 Å². The van der Waals surface area contributed by atoms with E-state index in [2.05, 4.69) is 67.8 Å². The first-order valence-corrected chi connectivity index (χ1v) is 9.52. The van der Waals surface area contributed by atoms with Crippen molar-refractivity contribution in [3.8, 4) is 0 Å². The zero-order chi connectivity index (χ0) is 17.3. The average Bonchev–Trinajstić information content (AvgIpc) is 2.72. The van der Waals surface area contributed by atoms with E-state index in [0.29, 0.717) is 5.95 Å². The Bertz CT molecular complexity index is 924. The van der Waals surface area contributed by atoms with Crippen LogP contribution in [0.5, 0.6) is 0 Å². The molecule has 0 bridgehead atoms. The summed E-state index contributed by atoms with van der Waals surface area (Å²) in [6.07, 6.45) is 0. The lowest BCUT2D eigenvalue weighted by Gasteiger charge is -2.36. The van der Waals surface area contributed by atoms with Crippen molar-refractivity contribution < 1.29 is 0 Å². The Labute approximate surface area is 156 Å². The molecule has 0 unspecified atom stereocenters. The van der Waals surface area contributed by atoms with Crippen molar-refractivity contribution in [1.82, 2.24) is 15.2 Å². The van der Waals surface area contributed by atoms with Gasteiger partial charge >= 0.3 is 0 Å². The molecule has 1 saturated heterocycles. The summed E-state index contributed by atoms with van der Waals surface area (Å²) >= 11 is 1.61. The largest absolute Gasteiger partial charge is 0.368 e. The summed E-state index contributed by atoms with van der Waals surface area (Å²) in [5.41, 5.74) is 2.34. The number of para-hydroxylation sites is 2. The third-order valence-corrected chi connectivity index (χ3v) is 5.72. The molecular formula is C19H18N6S. The van der Waals surface area contributed by atoms with Gasteiger partial charge in [-0.1, -0.05) is 42.1 Å². The number of hydrogen-bond acceptors (Lipinski definition) is 7. The molecule has 3 heterocycles. The van der Waals surface area contributed by atoms with Gasteiger partial charge in [-0.15, -0.1) is 10.2 Å². The maximum absolute atomic E-state index is 4.74. The van der Waals surface area contributed by atoms with Gasteiger partial charge in [-0.2, -0.15) is 4.98 Å². The lowest BCUT2D eigenvalue weighted by Crippen LogP contribution is -2.47. The molecule has 6 nitrogen and oxygen atoms in total. The van der Waals surface area contributed by atoms with Crippen molar-refractivity contribution in [3.63, 3.8) is 0 Å². The monoisotopic (exact) mass is 362 g/mol. The Kier molecular flexibility index (Phi) is 3.86. The highest BCUT2D eigenvalue weighted by Gasteiger charge is 2.23. The summed E-state index contributed by atoms with van der Waals surface area (Å²) in [5.74, 6) is 1.49. The van der Waals surface area contributed by atoms with Gasteiger partial charge < -0.3 is 15.1 Å². The van der Waals surface area contributed by atoms with E-state index in [0.717, 1.165) is 47.6 Å². The molecule has 2 aliphatic heterocycles. The number of hydrogen-bond donors (Lipinski definition) is 1. The predicted octanol–water partition coefficient (Wildman–Crippen LogP) is 3.41. The van der Waals surface area contributed by atoms with Crippen molar-refractivity contribution >= 4 is 34.9 Å². The van der Waals surface area contributed by atoms with E-state index in [4.69, 9.17) is 4.98 Å². The summed E-state index contributed by atoms with van der Waals surface area (Å²) in [4.78, 5) is 10.5. The first-order valence-electron chi connectivity index (χ1n) is 8.70. The van der Waals surface area contributed by atoms with Crippen LogP contribution in [-0.2, 0) is 0 Å². The van der Waals surface area contributed by atoms with Gasteiger partial charge in [0.1, 0.15) is 0 Å². The Hall–Kier alpha value is -2.80. The van der Waals surface area contributed by atoms with Crippen molar-refractivity contribution in [2.75, 3.05) is 41.3 Å². The minimum absolute atomic E-state index is 0.698. The number of benzene rings is 2. The van der Waals surface area contributed by atoms with Gasteiger partial charge in [0, 0.05) is 36.8 Å². The predicted molar refractivity (Wildman–Crippen MR) is 105 cm³/mol. The minimum atomic E-state index is 0.698. The fraction of sp³-hybridized carbons (Fsp3) is 0.211. The third kappa shape index (κ3) is 2.84. The van der Waals surface area contributed by atoms with Crippen molar-refractivity contribution in [1.29, 1.82) is 0 Å². The van der Waals surface area contributed by atoms with Crippen LogP contribution in [0.1, 0.15) is 0 Å². The zero-order valence-corrected chi connectivity index (χ0v) is 15.0. The van der Waals surface area contributed by atoms with Crippen molar-refractivity contribution in [3.05, 3.63) is 54.6 Å². The summed E-state index contributed by atoms with van der Waals surface area (Å²) in [7, 11) is 0. The van der Waals surface area contributed by atoms with E-state index in [1.165, 1.54) is 5.69 Å². The smallest absolute Gasteiger partial charge is 0.247 e. The van der Waals surface area contributed by atoms with E-state index in [-0.39, 0.29) is 0 Å². The first kappa shape index (κ1) is 15.5. The molecule has 0 saturated carbocycles. The van der Waals surface area contributed by atoms with E-state index in [1.54, 1.807) is 11.8 Å². The molecule has 130 valence electrons. The maximum atomic E-state index is 4.74. The summed E-state index contributed by atoms with van der Waals surface area (Å²) in [5, 5.41) is 13.0. The summed E-state index contributed by atoms with van der Waals surface area (Å²) in [6.45, 7) is 3.68. The summed E-state index contributed by atoms with van der Waals surface area (Å²) < 4.78 is 0. The fourth-order valence-electron chi connectivity index (χ4n) is 3.29. The molecule has 0 spiro atoms. The molecule has 0 aliphatic carbocycles. The molecular weight excluding hydrogens is 344 g/mol. The standard InChI is InChI=1S/C19H18N6S/c1-2-6-14(7-3-1)24-10-12-25(13-11-24)19-21-17-18(22-23-19)26-16-9-5-4-8-15(16)20-17/h1-9H,10-13H2,(H,20,21,23). The third-order valence-electron chi connectivity index (χ3n) is 4.68. The first-order chi connectivity index (χ1) is 12.9. The lowest BCUT2D eigenvalue weighted by atomic mass is 10.2. The molecule has 7 heteroatoms. The average molecular weight is 362 g/mol. The highest BCUT2D eigenvalue weighted by atomic mass is 32.2. The van der Waals surface area contributed by atoms with E-state index >= 15 is 0 Å². The number of aromatic nitrogens is 3. The molecule has 0 amide bonds. The molecule has 2 aliphatic rings. The Balaban J connectivity index is 1.32. The van der Waals surface area contributed by atoms with Crippen LogP contribution < -0.4 is 15.1 Å². The Morgan fingerprint density at radius 2 is 1.54 bits per heavy atom. The normalized spacial score (nSPS) is 15.8. The van der Waals surface area contributed by atoms with Gasteiger partial charge in [-0.3, -0.25) is 0 Å². The second-order valence-electron chi connectivity index (χ2n) is 6.30. The second-order valence-corrected chi connectivity index (χ2v) is 7.33. The van der Waals surface area contributed by atoms with E-state index < -0.39 is 0 Å². The Morgan fingerprint density at radius 1 is 0.808 bits per heavy atom. The lowest BCUT2D eigenvalue weighted by molar-refractivity contribution is 0.632. The van der Waals surface area contributed by atoms with Gasteiger partial charge in [0.15, 0.2) is 10.8 Å². The topological polar surface area (TPSA) is 57.2 Å². The number of nitrogens with one attached hydrogen (secondary N) is 1. The number of piperazine rings is 1. The molecule has 1 fully saturated rings. The Morgan fingerprint density at radius 3 is 2.38 bits per heavy atom. The molecule has 3 aromatic rings. The van der Waals surface area contributed by atoms with Gasteiger partial charge in [0.2, 0.25) is 5.95 Å². The van der Waals surface area contributed by atoms with Crippen LogP contribution in [-0.4, -0.2) is 41.4 Å². The quantitative estimate of drug-likeness (QED) is 0.586. The highest BCUT2D eigenvalue weighted by Crippen LogP contribution is 2.41. The van der Waals surface area contributed by atoms with Gasteiger partial charge in [-0.05, 0) is 24.3 Å². The van der Waals surface area contributed by atoms with Crippen LogP contribution in [0.25, 0.3) is 0 Å². The maximum Gasteiger partial charge on any atom is 0.247 e. The van der Waals surface area contributed by atoms with Crippen LogP contribution in [0.3, 0.4) is 0 Å². The molecule has 2 aromatic carbocycles. The number of nitrogens with zero attached hydrogens (tertiary/aromatic N) is 5. The molecule has 26 heavy (non-hydrogen) atoms. The van der Waals surface area contributed by atoms with Crippen LogP contribution in [0, 0.1) is 0 Å². The number of rotatable bonds is 2. The number of fused-ring (bicyclic) bond motifs is 2. The van der Waals surface area contributed by atoms with Crippen molar-refractivity contribution in [2.45, 2.75) is 9.92 Å². The molecule has 1 N–H and O–H groups in total. The second kappa shape index (κ2) is 6.49. The van der Waals surface area contributed by atoms with Gasteiger partial charge in [0.25, 0.3) is 0 Å². The number of anilines is 4. The van der Waals surface area contributed by atoms with Crippen LogP contribution in [0.15, 0.2) is 64.5 Å². The van der Waals surface area contributed by atoms with Gasteiger partial charge in [0.05, 0.1) is 5.69 Å². The van der Waals surface area contributed by atoms with Crippen LogP contribution in [0.4, 0.5) is 23.1 Å². The van der Waals surface area contributed by atoms with Gasteiger partial charge in [-0.25, -0.2) is 0 Å². The SMILES string of the molecule is c1ccc(N2CCN(c3nnc4c(n3)Nc3ccccc3S4)CC2)cc1. The summed E-state index contributed by atoms with van der Waals surface area (Å²) in [6, 6.07) is 18.7. The minimum Gasteiger partial charge on any atom is -0.368 e. The highest BCUT2D eigenvalue weighted by molar-refractivity contribution is 7.99. The van der Waals surface area contributed by atoms with E-state index in [9.17, 15) is 0 Å². The molecule has 5 rings (SSSR count). The zero-order valence-electron chi connectivity index (χ0n) is 14.2. The van der Waals surface area contributed by atoms with E-state index in [1.807, 2.05) is 12.1 Å². The van der Waals surface area contributed by atoms with Crippen LogP contribution >= 0.6 is 11.8 Å². The van der Waals surface area contributed by atoms with Crippen molar-refractivity contribution in [2.24, 2.45) is 0 Å². The molecule has 0 atom stereocenters.